The predicted molar refractivity (Wildman–Crippen MR) is 78.6 cm³/mol. The van der Waals surface area contributed by atoms with E-state index in [-0.39, 0.29) is 0 Å². The minimum Gasteiger partial charge on any atom is -0.354 e. The zero-order valence-electron chi connectivity index (χ0n) is 11.0. The van der Waals surface area contributed by atoms with Gasteiger partial charge in [-0.3, -0.25) is 4.79 Å². The highest BCUT2D eigenvalue weighted by Gasteiger charge is 2.13. The van der Waals surface area contributed by atoms with Crippen LogP contribution in [0, 0.1) is 13.8 Å². The van der Waals surface area contributed by atoms with Crippen molar-refractivity contribution >= 4 is 17.2 Å². The molecule has 1 heterocycles. The molecule has 0 saturated heterocycles. The number of benzene rings is 2. The van der Waals surface area contributed by atoms with Gasteiger partial charge < -0.3 is 4.98 Å². The minimum atomic E-state index is 0.744. The minimum absolute atomic E-state index is 0.744. The standard InChI is InChI=1S/C17H15NO/c1-11-8-12(2)16-14(9-11)15(10-19)17(18-16)13-6-4-3-5-7-13/h3-10,18H,1-2H3. The summed E-state index contributed by atoms with van der Waals surface area (Å²) < 4.78 is 0. The second kappa shape index (κ2) is 4.39. The SMILES string of the molecule is Cc1cc(C)c2[nH]c(-c3ccccc3)c(C=O)c2c1. The molecule has 0 aliphatic rings. The van der Waals surface area contributed by atoms with Crippen molar-refractivity contribution in [1.82, 2.24) is 4.98 Å². The Morgan fingerprint density at radius 2 is 1.79 bits per heavy atom. The van der Waals surface area contributed by atoms with E-state index in [9.17, 15) is 4.79 Å². The first-order valence-corrected chi connectivity index (χ1v) is 6.34. The van der Waals surface area contributed by atoms with Crippen molar-refractivity contribution in [1.29, 1.82) is 0 Å². The smallest absolute Gasteiger partial charge is 0.152 e. The normalized spacial score (nSPS) is 10.8. The summed E-state index contributed by atoms with van der Waals surface area (Å²) >= 11 is 0. The lowest BCUT2D eigenvalue weighted by Crippen LogP contribution is -1.84. The number of aromatic amines is 1. The molecule has 0 aliphatic carbocycles. The largest absolute Gasteiger partial charge is 0.354 e. The fourth-order valence-electron chi connectivity index (χ4n) is 2.63. The van der Waals surface area contributed by atoms with Crippen molar-refractivity contribution in [2.45, 2.75) is 13.8 Å². The average molecular weight is 249 g/mol. The molecule has 3 aromatic rings. The number of hydrogen-bond donors (Lipinski definition) is 1. The molecule has 0 bridgehead atoms. The first kappa shape index (κ1) is 11.7. The number of carbonyl (C=O) groups is 1. The molecule has 0 spiro atoms. The number of aromatic nitrogens is 1. The Hall–Kier alpha value is -2.35. The van der Waals surface area contributed by atoms with Crippen molar-refractivity contribution in [3.8, 4) is 11.3 Å². The van der Waals surface area contributed by atoms with Gasteiger partial charge in [-0.25, -0.2) is 0 Å². The molecular weight excluding hydrogens is 234 g/mol. The summed E-state index contributed by atoms with van der Waals surface area (Å²) in [6.45, 7) is 4.12. The summed E-state index contributed by atoms with van der Waals surface area (Å²) in [5.41, 5.74) is 6.07. The number of rotatable bonds is 2. The van der Waals surface area contributed by atoms with Crippen molar-refractivity contribution in [2.75, 3.05) is 0 Å². The second-order valence-corrected chi connectivity index (χ2v) is 4.90. The molecule has 19 heavy (non-hydrogen) atoms. The number of carbonyl (C=O) groups excluding carboxylic acids is 1. The Bertz CT molecular complexity index is 754. The molecule has 0 aliphatic heterocycles. The van der Waals surface area contributed by atoms with Crippen LogP contribution in [0.15, 0.2) is 42.5 Å². The summed E-state index contributed by atoms with van der Waals surface area (Å²) in [6, 6.07) is 14.2. The molecule has 3 rings (SSSR count). The molecule has 2 aromatic carbocycles. The van der Waals surface area contributed by atoms with E-state index in [1.807, 2.05) is 30.3 Å². The third-order valence-electron chi connectivity index (χ3n) is 3.47. The van der Waals surface area contributed by atoms with E-state index in [2.05, 4.69) is 31.0 Å². The van der Waals surface area contributed by atoms with Crippen LogP contribution in [0.25, 0.3) is 22.2 Å². The first-order chi connectivity index (χ1) is 9.20. The van der Waals surface area contributed by atoms with Gasteiger partial charge >= 0.3 is 0 Å². The Balaban J connectivity index is 2.38. The van der Waals surface area contributed by atoms with Gasteiger partial charge in [-0.2, -0.15) is 0 Å². The van der Waals surface area contributed by atoms with Crippen LogP contribution >= 0.6 is 0 Å². The van der Waals surface area contributed by atoms with E-state index in [0.29, 0.717) is 0 Å². The van der Waals surface area contributed by atoms with E-state index in [0.717, 1.165) is 34.0 Å². The summed E-state index contributed by atoms with van der Waals surface area (Å²) in [6.07, 6.45) is 0.944. The quantitative estimate of drug-likeness (QED) is 0.676. The highest BCUT2D eigenvalue weighted by molar-refractivity contribution is 6.05. The lowest BCUT2D eigenvalue weighted by molar-refractivity contribution is 0.112. The van der Waals surface area contributed by atoms with Gasteiger partial charge in [-0.15, -0.1) is 0 Å². The molecule has 0 atom stereocenters. The Morgan fingerprint density at radius 1 is 1.05 bits per heavy atom. The van der Waals surface area contributed by atoms with Gasteiger partial charge in [0.2, 0.25) is 0 Å². The molecule has 94 valence electrons. The molecular formula is C17H15NO. The molecule has 0 saturated carbocycles. The maximum absolute atomic E-state index is 11.5. The fraction of sp³-hybridized carbons (Fsp3) is 0.118. The monoisotopic (exact) mass is 249 g/mol. The molecule has 1 N–H and O–H groups in total. The van der Waals surface area contributed by atoms with Gasteiger partial charge in [0.15, 0.2) is 6.29 Å². The van der Waals surface area contributed by atoms with Gasteiger partial charge in [-0.1, -0.05) is 42.0 Å². The third kappa shape index (κ3) is 1.85. The van der Waals surface area contributed by atoms with Crippen molar-refractivity contribution < 1.29 is 4.79 Å². The van der Waals surface area contributed by atoms with Crippen molar-refractivity contribution in [3.05, 3.63) is 59.2 Å². The zero-order valence-corrected chi connectivity index (χ0v) is 11.0. The highest BCUT2D eigenvalue weighted by Crippen LogP contribution is 2.31. The average Bonchev–Trinajstić information content (AvgIpc) is 2.78. The van der Waals surface area contributed by atoms with Crippen molar-refractivity contribution in [3.63, 3.8) is 0 Å². The van der Waals surface area contributed by atoms with E-state index in [4.69, 9.17) is 0 Å². The van der Waals surface area contributed by atoms with Crippen LogP contribution in [-0.2, 0) is 0 Å². The highest BCUT2D eigenvalue weighted by atomic mass is 16.1. The number of aldehydes is 1. The summed E-state index contributed by atoms with van der Waals surface area (Å²) in [5, 5.41) is 1.01. The maximum Gasteiger partial charge on any atom is 0.152 e. The van der Waals surface area contributed by atoms with Gasteiger partial charge in [-0.05, 0) is 31.0 Å². The maximum atomic E-state index is 11.5. The lowest BCUT2D eigenvalue weighted by Gasteiger charge is -1.98. The van der Waals surface area contributed by atoms with Crippen LogP contribution in [0.2, 0.25) is 0 Å². The van der Waals surface area contributed by atoms with Crippen LogP contribution in [0.4, 0.5) is 0 Å². The number of hydrogen-bond acceptors (Lipinski definition) is 1. The molecule has 0 amide bonds. The van der Waals surface area contributed by atoms with E-state index in [1.165, 1.54) is 11.1 Å². The Morgan fingerprint density at radius 3 is 2.47 bits per heavy atom. The van der Waals surface area contributed by atoms with Gasteiger partial charge in [0.05, 0.1) is 5.69 Å². The van der Waals surface area contributed by atoms with E-state index in [1.54, 1.807) is 0 Å². The molecule has 0 fully saturated rings. The summed E-state index contributed by atoms with van der Waals surface area (Å²) in [7, 11) is 0. The van der Waals surface area contributed by atoms with Gasteiger partial charge in [0, 0.05) is 16.5 Å². The topological polar surface area (TPSA) is 32.9 Å². The Labute approximate surface area is 112 Å². The zero-order chi connectivity index (χ0) is 13.4. The molecule has 1 aromatic heterocycles. The molecule has 2 heteroatoms. The fourth-order valence-corrected chi connectivity index (χ4v) is 2.63. The Kier molecular flexibility index (Phi) is 2.71. The lowest BCUT2D eigenvalue weighted by atomic mass is 10.0. The predicted octanol–water partition coefficient (Wildman–Crippen LogP) is 4.26. The molecule has 2 nitrogen and oxygen atoms in total. The number of H-pyrrole nitrogens is 1. The van der Waals surface area contributed by atoms with Crippen molar-refractivity contribution in [2.24, 2.45) is 0 Å². The van der Waals surface area contributed by atoms with Crippen LogP contribution in [0.5, 0.6) is 0 Å². The summed E-state index contributed by atoms with van der Waals surface area (Å²) in [4.78, 5) is 14.9. The van der Waals surface area contributed by atoms with Crippen LogP contribution in [-0.4, -0.2) is 11.3 Å². The summed E-state index contributed by atoms with van der Waals surface area (Å²) in [5.74, 6) is 0. The number of fused-ring (bicyclic) bond motifs is 1. The third-order valence-corrected chi connectivity index (χ3v) is 3.47. The van der Waals surface area contributed by atoms with Crippen LogP contribution < -0.4 is 0 Å². The molecule has 0 unspecified atom stereocenters. The number of nitrogens with one attached hydrogen (secondary N) is 1. The van der Waals surface area contributed by atoms with E-state index < -0.39 is 0 Å². The van der Waals surface area contributed by atoms with Gasteiger partial charge in [0.25, 0.3) is 0 Å². The van der Waals surface area contributed by atoms with Crippen LogP contribution in [0.3, 0.4) is 0 Å². The van der Waals surface area contributed by atoms with Crippen LogP contribution in [0.1, 0.15) is 21.5 Å². The second-order valence-electron chi connectivity index (χ2n) is 4.90. The molecule has 0 radical (unpaired) electrons. The first-order valence-electron chi connectivity index (χ1n) is 6.34. The number of aryl methyl sites for hydroxylation is 2. The van der Waals surface area contributed by atoms with Gasteiger partial charge in [0.1, 0.15) is 0 Å². The van der Waals surface area contributed by atoms with E-state index >= 15 is 0 Å².